The lowest BCUT2D eigenvalue weighted by atomic mass is 10.1. The highest BCUT2D eigenvalue weighted by Crippen LogP contribution is 2.22. The Labute approximate surface area is 165 Å². The number of H-pyrrole nitrogens is 1. The first-order chi connectivity index (χ1) is 13.3. The number of hydrogen-bond acceptors (Lipinski definition) is 7. The maximum absolute atomic E-state index is 12.6. The van der Waals surface area contributed by atoms with Crippen LogP contribution in [-0.4, -0.2) is 34.4 Å². The van der Waals surface area contributed by atoms with E-state index in [4.69, 9.17) is 16.0 Å². The zero-order valence-corrected chi connectivity index (χ0v) is 16.1. The fraction of sp³-hybridized carbons (Fsp3) is 0.222. The highest BCUT2D eigenvalue weighted by molar-refractivity contribution is 7.85. The average molecular weight is 421 g/mol. The minimum Gasteiger partial charge on any atom is -0.742 e. The van der Waals surface area contributed by atoms with E-state index in [9.17, 15) is 17.8 Å². The van der Waals surface area contributed by atoms with Crippen molar-refractivity contribution in [1.82, 2.24) is 14.9 Å². The topological polar surface area (TPSA) is 119 Å². The van der Waals surface area contributed by atoms with Gasteiger partial charge < -0.3 is 14.0 Å². The van der Waals surface area contributed by atoms with Gasteiger partial charge in [-0.3, -0.25) is 9.69 Å². The normalized spacial score (nSPS) is 14.8. The van der Waals surface area contributed by atoms with Gasteiger partial charge >= 0.3 is 0 Å². The van der Waals surface area contributed by atoms with Gasteiger partial charge in [0.1, 0.15) is 11.6 Å². The molecular formula is C18H15ClN3O5S-. The monoisotopic (exact) mass is 420 g/mol. The van der Waals surface area contributed by atoms with Crippen LogP contribution >= 0.6 is 11.6 Å². The third-order valence-corrected chi connectivity index (χ3v) is 5.49. The first-order valence-corrected chi connectivity index (χ1v) is 10.2. The van der Waals surface area contributed by atoms with E-state index in [1.165, 1.54) is 6.07 Å². The van der Waals surface area contributed by atoms with E-state index in [2.05, 4.69) is 9.97 Å². The minimum atomic E-state index is -4.62. The Morgan fingerprint density at radius 1 is 1.21 bits per heavy atom. The lowest BCUT2D eigenvalue weighted by Gasteiger charge is -2.26. The van der Waals surface area contributed by atoms with Crippen LogP contribution in [0.25, 0.3) is 11.4 Å². The van der Waals surface area contributed by atoms with Crippen molar-refractivity contribution in [3.63, 3.8) is 0 Å². The van der Waals surface area contributed by atoms with E-state index in [1.807, 2.05) is 4.90 Å². The first-order valence-electron chi connectivity index (χ1n) is 8.44. The fourth-order valence-corrected chi connectivity index (χ4v) is 3.73. The van der Waals surface area contributed by atoms with Crippen LogP contribution in [-0.2, 0) is 29.6 Å². The number of aromatic nitrogens is 2. The van der Waals surface area contributed by atoms with E-state index in [0.29, 0.717) is 41.7 Å². The van der Waals surface area contributed by atoms with Crippen LogP contribution in [0.5, 0.6) is 0 Å². The van der Waals surface area contributed by atoms with Crippen molar-refractivity contribution in [1.29, 1.82) is 0 Å². The number of hydrogen-bond donors (Lipinski definition) is 1. The maximum atomic E-state index is 12.6. The number of rotatable bonds is 4. The molecule has 1 aromatic carbocycles. The molecule has 0 amide bonds. The Bertz CT molecular complexity index is 1180. The van der Waals surface area contributed by atoms with Gasteiger partial charge in [-0.15, -0.1) is 0 Å². The Morgan fingerprint density at radius 2 is 1.96 bits per heavy atom. The zero-order valence-electron chi connectivity index (χ0n) is 14.5. The van der Waals surface area contributed by atoms with Crippen LogP contribution in [0.2, 0.25) is 5.02 Å². The van der Waals surface area contributed by atoms with E-state index in [-0.39, 0.29) is 12.1 Å². The molecule has 10 heteroatoms. The van der Waals surface area contributed by atoms with Crippen molar-refractivity contribution in [2.45, 2.75) is 24.6 Å². The molecule has 2 aromatic heterocycles. The third kappa shape index (κ3) is 3.88. The molecule has 28 heavy (non-hydrogen) atoms. The second kappa shape index (κ2) is 7.17. The van der Waals surface area contributed by atoms with Gasteiger partial charge in [-0.2, -0.15) is 0 Å². The molecule has 0 radical (unpaired) electrons. The molecular weight excluding hydrogens is 406 g/mol. The Kier molecular flexibility index (Phi) is 4.84. The van der Waals surface area contributed by atoms with Crippen LogP contribution < -0.4 is 5.56 Å². The van der Waals surface area contributed by atoms with Crippen molar-refractivity contribution >= 4 is 21.7 Å². The van der Waals surface area contributed by atoms with E-state index < -0.39 is 15.2 Å². The summed E-state index contributed by atoms with van der Waals surface area (Å²) in [6, 6.07) is 9.64. The molecule has 1 aliphatic heterocycles. The standard InChI is InChI=1S/C18H16ClN3O5S/c19-12-3-1-11(2-4-12)17-20-15-7-8-22(10-14(15)18(23)21-17)9-13-5-6-16(27-13)28(24,25)26/h1-6H,7-10H2,(H,20,21,23)(H,24,25,26)/p-1. The largest absolute Gasteiger partial charge is 0.742 e. The zero-order chi connectivity index (χ0) is 19.9. The number of furan rings is 1. The molecule has 0 saturated heterocycles. The van der Waals surface area contributed by atoms with Crippen molar-refractivity contribution in [3.8, 4) is 11.4 Å². The number of nitrogens with one attached hydrogen (secondary N) is 1. The summed E-state index contributed by atoms with van der Waals surface area (Å²) in [5.74, 6) is 0.838. The first kappa shape index (κ1) is 18.9. The maximum Gasteiger partial charge on any atom is 0.255 e. The van der Waals surface area contributed by atoms with Gasteiger partial charge in [0.2, 0.25) is 5.09 Å². The molecule has 0 aliphatic carbocycles. The molecule has 0 unspecified atom stereocenters. The van der Waals surface area contributed by atoms with Crippen molar-refractivity contribution in [3.05, 3.63) is 68.8 Å². The molecule has 3 heterocycles. The van der Waals surface area contributed by atoms with Crippen LogP contribution in [0, 0.1) is 0 Å². The van der Waals surface area contributed by atoms with Crippen LogP contribution in [0.15, 0.2) is 50.7 Å². The number of nitrogens with zero attached hydrogens (tertiary/aromatic N) is 2. The summed E-state index contributed by atoms with van der Waals surface area (Å²) in [7, 11) is -4.62. The molecule has 0 atom stereocenters. The second-order valence-electron chi connectivity index (χ2n) is 6.48. The predicted octanol–water partition coefficient (Wildman–Crippen LogP) is 2.15. The fourth-order valence-electron chi connectivity index (χ4n) is 3.16. The summed E-state index contributed by atoms with van der Waals surface area (Å²) in [6.07, 6.45) is 0.563. The van der Waals surface area contributed by atoms with Crippen molar-refractivity contribution < 1.29 is 17.4 Å². The van der Waals surface area contributed by atoms with Gasteiger partial charge in [0, 0.05) is 30.1 Å². The molecule has 146 valence electrons. The van der Waals surface area contributed by atoms with Crippen LogP contribution in [0.3, 0.4) is 0 Å². The highest BCUT2D eigenvalue weighted by Gasteiger charge is 2.22. The van der Waals surface area contributed by atoms with Crippen LogP contribution in [0.4, 0.5) is 0 Å². The van der Waals surface area contributed by atoms with Gasteiger partial charge in [-0.1, -0.05) is 11.6 Å². The summed E-state index contributed by atoms with van der Waals surface area (Å²) in [5.41, 5.74) is 1.84. The lowest BCUT2D eigenvalue weighted by Crippen LogP contribution is -2.35. The minimum absolute atomic E-state index is 0.220. The van der Waals surface area contributed by atoms with Gasteiger partial charge in [0.15, 0.2) is 10.1 Å². The molecule has 1 N–H and O–H groups in total. The number of benzene rings is 1. The molecule has 0 fully saturated rings. The molecule has 0 bridgehead atoms. The smallest absolute Gasteiger partial charge is 0.255 e. The third-order valence-electron chi connectivity index (χ3n) is 4.53. The van der Waals surface area contributed by atoms with E-state index in [1.54, 1.807) is 24.3 Å². The van der Waals surface area contributed by atoms with E-state index >= 15 is 0 Å². The summed E-state index contributed by atoms with van der Waals surface area (Å²) < 4.78 is 38.1. The second-order valence-corrected chi connectivity index (χ2v) is 8.23. The molecule has 1 aliphatic rings. The summed E-state index contributed by atoms with van der Waals surface area (Å²) in [5, 5.41) is -0.00223. The summed E-state index contributed by atoms with van der Waals surface area (Å²) >= 11 is 5.90. The Hall–Kier alpha value is -2.46. The van der Waals surface area contributed by atoms with Gasteiger partial charge in [-0.25, -0.2) is 13.4 Å². The predicted molar refractivity (Wildman–Crippen MR) is 99.8 cm³/mol. The van der Waals surface area contributed by atoms with Crippen molar-refractivity contribution in [2.75, 3.05) is 6.54 Å². The van der Waals surface area contributed by atoms with Crippen molar-refractivity contribution in [2.24, 2.45) is 0 Å². The number of halogens is 1. The Morgan fingerprint density at radius 3 is 2.64 bits per heavy atom. The highest BCUT2D eigenvalue weighted by atomic mass is 35.5. The molecule has 0 saturated carbocycles. The van der Waals surface area contributed by atoms with Crippen LogP contribution in [0.1, 0.15) is 17.0 Å². The number of aromatic amines is 1. The van der Waals surface area contributed by atoms with E-state index in [0.717, 1.165) is 17.3 Å². The quantitative estimate of drug-likeness (QED) is 0.642. The van der Waals surface area contributed by atoms with Gasteiger partial charge in [0.25, 0.3) is 5.56 Å². The molecule has 8 nitrogen and oxygen atoms in total. The average Bonchev–Trinajstić information content (AvgIpc) is 3.12. The summed E-state index contributed by atoms with van der Waals surface area (Å²) in [6.45, 7) is 1.25. The van der Waals surface area contributed by atoms with Gasteiger partial charge in [0.05, 0.1) is 17.8 Å². The molecule has 4 rings (SSSR count). The lowest BCUT2D eigenvalue weighted by molar-refractivity contribution is 0.215. The summed E-state index contributed by atoms with van der Waals surface area (Å²) in [4.78, 5) is 21.9. The SMILES string of the molecule is O=c1[nH]c(-c2ccc(Cl)cc2)nc2c1CN(Cc1ccc(S(=O)(=O)[O-])o1)CC2. The molecule has 0 spiro atoms. The molecule has 3 aromatic rings. The van der Waals surface area contributed by atoms with Gasteiger partial charge in [-0.05, 0) is 36.4 Å². The Balaban J connectivity index is 1.55. The number of fused-ring (bicyclic) bond motifs is 1.